The molecule has 0 spiro atoms. The van der Waals surface area contributed by atoms with Gasteiger partial charge in [-0.3, -0.25) is 4.90 Å². The van der Waals surface area contributed by atoms with Gasteiger partial charge in [0.1, 0.15) is 0 Å². The van der Waals surface area contributed by atoms with Gasteiger partial charge in [0.05, 0.1) is 12.1 Å². The third kappa shape index (κ3) is 3.64. The number of carbonyl (C=O) groups is 1. The molecule has 2 aromatic rings. The summed E-state index contributed by atoms with van der Waals surface area (Å²) >= 11 is 0. The number of nitrogens with zero attached hydrogens (tertiary/aromatic N) is 3. The van der Waals surface area contributed by atoms with Gasteiger partial charge in [0.2, 0.25) is 11.8 Å². The van der Waals surface area contributed by atoms with Gasteiger partial charge in [0.25, 0.3) is 0 Å². The number of aromatic carboxylic acids is 1. The maximum absolute atomic E-state index is 10.8. The summed E-state index contributed by atoms with van der Waals surface area (Å²) in [5, 5.41) is 16.7. The minimum Gasteiger partial charge on any atom is -0.478 e. The summed E-state index contributed by atoms with van der Waals surface area (Å²) in [6.45, 7) is 3.21. The van der Waals surface area contributed by atoms with E-state index in [0.717, 1.165) is 12.0 Å². The standard InChI is InChI=1S/C14H17N3O3/c1-3-12-15-16-13(20-12)9-17(2)8-10-4-6-11(7-5-10)14(18)19/h4-7H,3,8-9H2,1-2H3,(H,18,19). The summed E-state index contributed by atoms with van der Waals surface area (Å²) in [5.74, 6) is 0.313. The van der Waals surface area contributed by atoms with Crippen molar-refractivity contribution in [1.29, 1.82) is 0 Å². The summed E-state index contributed by atoms with van der Waals surface area (Å²) < 4.78 is 5.45. The fraction of sp³-hybridized carbons (Fsp3) is 0.357. The molecule has 0 unspecified atom stereocenters. The molecule has 1 aromatic heterocycles. The molecule has 0 aliphatic rings. The first-order chi connectivity index (χ1) is 9.58. The van der Waals surface area contributed by atoms with Gasteiger partial charge in [-0.1, -0.05) is 19.1 Å². The lowest BCUT2D eigenvalue weighted by molar-refractivity contribution is 0.0697. The second kappa shape index (κ2) is 6.29. The van der Waals surface area contributed by atoms with Crippen LogP contribution in [0, 0.1) is 0 Å². The molecule has 1 aromatic carbocycles. The van der Waals surface area contributed by atoms with E-state index in [0.29, 0.717) is 30.4 Å². The molecule has 0 fully saturated rings. The van der Waals surface area contributed by atoms with Crippen LogP contribution in [-0.4, -0.2) is 33.2 Å². The van der Waals surface area contributed by atoms with E-state index in [1.807, 2.05) is 31.0 Å². The van der Waals surface area contributed by atoms with Crippen LogP contribution in [0.1, 0.15) is 34.6 Å². The molecule has 1 N–H and O–H groups in total. The monoisotopic (exact) mass is 275 g/mol. The van der Waals surface area contributed by atoms with Gasteiger partial charge in [-0.2, -0.15) is 0 Å². The topological polar surface area (TPSA) is 79.5 Å². The average molecular weight is 275 g/mol. The number of benzene rings is 1. The first-order valence-corrected chi connectivity index (χ1v) is 6.40. The number of carboxylic acids is 1. The van der Waals surface area contributed by atoms with Crippen molar-refractivity contribution in [1.82, 2.24) is 15.1 Å². The summed E-state index contributed by atoms with van der Waals surface area (Å²) in [5.41, 5.74) is 1.33. The van der Waals surface area contributed by atoms with Crippen LogP contribution in [0.15, 0.2) is 28.7 Å². The number of carboxylic acid groups (broad SMARTS) is 1. The molecule has 0 atom stereocenters. The Kier molecular flexibility index (Phi) is 4.47. The number of aromatic nitrogens is 2. The first-order valence-electron chi connectivity index (χ1n) is 6.40. The highest BCUT2D eigenvalue weighted by Crippen LogP contribution is 2.09. The van der Waals surface area contributed by atoms with Crippen LogP contribution in [-0.2, 0) is 19.5 Å². The normalized spacial score (nSPS) is 10.9. The van der Waals surface area contributed by atoms with Gasteiger partial charge in [0, 0.05) is 13.0 Å². The molecule has 0 aliphatic carbocycles. The highest BCUT2D eigenvalue weighted by molar-refractivity contribution is 5.87. The Bertz CT molecular complexity index is 578. The van der Waals surface area contributed by atoms with E-state index in [1.54, 1.807) is 12.1 Å². The summed E-state index contributed by atoms with van der Waals surface area (Å²) in [4.78, 5) is 12.8. The van der Waals surface area contributed by atoms with Crippen LogP contribution in [0.3, 0.4) is 0 Å². The minimum atomic E-state index is -0.914. The van der Waals surface area contributed by atoms with Crippen molar-refractivity contribution in [3.05, 3.63) is 47.2 Å². The number of hydrogen-bond acceptors (Lipinski definition) is 5. The molecule has 6 heteroatoms. The van der Waals surface area contributed by atoms with Gasteiger partial charge in [-0.05, 0) is 24.7 Å². The molecular weight excluding hydrogens is 258 g/mol. The zero-order valence-electron chi connectivity index (χ0n) is 11.5. The fourth-order valence-electron chi connectivity index (χ4n) is 1.85. The number of hydrogen-bond donors (Lipinski definition) is 1. The minimum absolute atomic E-state index is 0.292. The molecule has 106 valence electrons. The quantitative estimate of drug-likeness (QED) is 0.868. The van der Waals surface area contributed by atoms with Gasteiger partial charge in [-0.25, -0.2) is 4.79 Å². The van der Waals surface area contributed by atoms with Crippen molar-refractivity contribution >= 4 is 5.97 Å². The van der Waals surface area contributed by atoms with E-state index in [-0.39, 0.29) is 0 Å². The number of aryl methyl sites for hydroxylation is 1. The predicted octanol–water partition coefficient (Wildman–Crippen LogP) is 1.96. The van der Waals surface area contributed by atoms with E-state index in [2.05, 4.69) is 10.2 Å². The largest absolute Gasteiger partial charge is 0.478 e. The maximum Gasteiger partial charge on any atom is 0.335 e. The van der Waals surface area contributed by atoms with Gasteiger partial charge in [-0.15, -0.1) is 10.2 Å². The van der Waals surface area contributed by atoms with Crippen molar-refractivity contribution in [3.8, 4) is 0 Å². The summed E-state index contributed by atoms with van der Waals surface area (Å²) in [7, 11) is 1.95. The Balaban J connectivity index is 1.93. The third-order valence-corrected chi connectivity index (χ3v) is 2.87. The first kappa shape index (κ1) is 14.2. The predicted molar refractivity (Wildman–Crippen MR) is 72.2 cm³/mol. The highest BCUT2D eigenvalue weighted by atomic mass is 16.4. The summed E-state index contributed by atoms with van der Waals surface area (Å²) in [6.07, 6.45) is 0.730. The van der Waals surface area contributed by atoms with E-state index < -0.39 is 5.97 Å². The van der Waals surface area contributed by atoms with Crippen molar-refractivity contribution in [2.75, 3.05) is 7.05 Å². The molecule has 0 saturated heterocycles. The third-order valence-electron chi connectivity index (χ3n) is 2.87. The Hall–Kier alpha value is -2.21. The van der Waals surface area contributed by atoms with Crippen molar-refractivity contribution in [2.24, 2.45) is 0 Å². The smallest absolute Gasteiger partial charge is 0.335 e. The fourth-order valence-corrected chi connectivity index (χ4v) is 1.85. The van der Waals surface area contributed by atoms with Crippen molar-refractivity contribution in [3.63, 3.8) is 0 Å². The average Bonchev–Trinajstić information content (AvgIpc) is 2.86. The molecule has 2 rings (SSSR count). The molecule has 0 aliphatic heterocycles. The second-order valence-corrected chi connectivity index (χ2v) is 4.62. The zero-order chi connectivity index (χ0) is 14.5. The molecular formula is C14H17N3O3. The Morgan fingerprint density at radius 2 is 1.85 bits per heavy atom. The lowest BCUT2D eigenvalue weighted by atomic mass is 10.1. The molecule has 1 heterocycles. The van der Waals surface area contributed by atoms with Crippen LogP contribution in [0.4, 0.5) is 0 Å². The van der Waals surface area contributed by atoms with Gasteiger partial charge in [0.15, 0.2) is 0 Å². The molecule has 0 saturated carbocycles. The van der Waals surface area contributed by atoms with E-state index >= 15 is 0 Å². The lowest BCUT2D eigenvalue weighted by Crippen LogP contribution is -2.17. The van der Waals surface area contributed by atoms with Gasteiger partial charge >= 0.3 is 5.97 Å². The maximum atomic E-state index is 10.8. The Morgan fingerprint density at radius 1 is 1.20 bits per heavy atom. The second-order valence-electron chi connectivity index (χ2n) is 4.62. The molecule has 0 radical (unpaired) electrons. The van der Waals surface area contributed by atoms with E-state index in [9.17, 15) is 4.79 Å². The van der Waals surface area contributed by atoms with Crippen LogP contribution >= 0.6 is 0 Å². The van der Waals surface area contributed by atoms with E-state index in [1.165, 1.54) is 0 Å². The highest BCUT2D eigenvalue weighted by Gasteiger charge is 2.09. The van der Waals surface area contributed by atoms with Crippen LogP contribution in [0.2, 0.25) is 0 Å². The number of rotatable bonds is 6. The molecule has 0 bridgehead atoms. The van der Waals surface area contributed by atoms with Crippen molar-refractivity contribution in [2.45, 2.75) is 26.4 Å². The summed E-state index contributed by atoms with van der Waals surface area (Å²) in [6, 6.07) is 6.83. The van der Waals surface area contributed by atoms with Crippen molar-refractivity contribution < 1.29 is 14.3 Å². The molecule has 20 heavy (non-hydrogen) atoms. The molecule has 0 amide bonds. The van der Waals surface area contributed by atoms with Crippen LogP contribution < -0.4 is 0 Å². The SMILES string of the molecule is CCc1nnc(CN(C)Cc2ccc(C(=O)O)cc2)o1. The lowest BCUT2D eigenvalue weighted by Gasteiger charge is -2.14. The van der Waals surface area contributed by atoms with E-state index in [4.69, 9.17) is 9.52 Å². The zero-order valence-corrected chi connectivity index (χ0v) is 11.5. The Morgan fingerprint density at radius 3 is 2.40 bits per heavy atom. The van der Waals surface area contributed by atoms with Crippen LogP contribution in [0.5, 0.6) is 0 Å². The van der Waals surface area contributed by atoms with Crippen LogP contribution in [0.25, 0.3) is 0 Å². The Labute approximate surface area is 117 Å². The molecule has 6 nitrogen and oxygen atoms in total. The van der Waals surface area contributed by atoms with Gasteiger partial charge < -0.3 is 9.52 Å².